The number of amides is 2. The summed E-state index contributed by atoms with van der Waals surface area (Å²) in [5, 5.41) is 5.53. The first-order valence-electron chi connectivity index (χ1n) is 6.57. The van der Waals surface area contributed by atoms with Gasteiger partial charge in [-0.05, 0) is 17.5 Å². The van der Waals surface area contributed by atoms with E-state index in [1.165, 1.54) is 0 Å². The summed E-state index contributed by atoms with van der Waals surface area (Å²) in [6, 6.07) is 9.25. The number of alkyl halides is 1. The van der Waals surface area contributed by atoms with Gasteiger partial charge in [0.25, 0.3) is 0 Å². The number of hydrogen-bond donors (Lipinski definition) is 2. The van der Waals surface area contributed by atoms with E-state index in [1.807, 2.05) is 51.1 Å². The van der Waals surface area contributed by atoms with E-state index in [-0.39, 0.29) is 28.5 Å². The Labute approximate surface area is 128 Å². The van der Waals surface area contributed by atoms with Gasteiger partial charge in [0.15, 0.2) is 0 Å². The molecule has 1 aromatic rings. The van der Waals surface area contributed by atoms with Crippen molar-refractivity contribution in [3.63, 3.8) is 0 Å². The Morgan fingerprint density at radius 1 is 1.20 bits per heavy atom. The second-order valence-corrected chi connectivity index (χ2v) is 6.60. The number of carbonyl (C=O) groups is 2. The van der Waals surface area contributed by atoms with Gasteiger partial charge >= 0.3 is 0 Å². The minimum absolute atomic E-state index is 0.0926. The fourth-order valence-corrected chi connectivity index (χ4v) is 1.69. The van der Waals surface area contributed by atoms with Gasteiger partial charge in [0, 0.05) is 18.7 Å². The van der Waals surface area contributed by atoms with Crippen LogP contribution in [0, 0.1) is 5.41 Å². The van der Waals surface area contributed by atoms with Crippen molar-refractivity contribution in [1.82, 2.24) is 5.32 Å². The number of hydrogen-bond acceptors (Lipinski definition) is 2. The van der Waals surface area contributed by atoms with E-state index in [2.05, 4.69) is 26.6 Å². The molecule has 0 bridgehead atoms. The molecule has 20 heavy (non-hydrogen) atoms. The molecule has 0 aliphatic rings. The minimum Gasteiger partial charge on any atom is -0.355 e. The number of para-hydroxylation sites is 1. The summed E-state index contributed by atoms with van der Waals surface area (Å²) in [4.78, 5) is 23.3. The highest BCUT2D eigenvalue weighted by Crippen LogP contribution is 2.25. The van der Waals surface area contributed by atoms with Crippen LogP contribution in [-0.4, -0.2) is 23.2 Å². The van der Waals surface area contributed by atoms with E-state index in [9.17, 15) is 9.59 Å². The molecule has 1 atom stereocenters. The zero-order valence-electron chi connectivity index (χ0n) is 12.1. The van der Waals surface area contributed by atoms with Crippen molar-refractivity contribution in [1.29, 1.82) is 0 Å². The van der Waals surface area contributed by atoms with Gasteiger partial charge in [0.05, 0.1) is 4.83 Å². The molecular formula is C15H21BrN2O2. The highest BCUT2D eigenvalue weighted by molar-refractivity contribution is 9.10. The van der Waals surface area contributed by atoms with Crippen LogP contribution in [-0.2, 0) is 9.59 Å². The fourth-order valence-electron chi connectivity index (χ4n) is 1.53. The Balaban J connectivity index is 2.31. The Bertz CT molecular complexity index is 455. The van der Waals surface area contributed by atoms with E-state index in [4.69, 9.17) is 0 Å². The summed E-state index contributed by atoms with van der Waals surface area (Å²) in [7, 11) is 0. The molecular weight excluding hydrogens is 320 g/mol. The maximum atomic E-state index is 11.8. The van der Waals surface area contributed by atoms with E-state index in [1.54, 1.807) is 0 Å². The van der Waals surface area contributed by atoms with E-state index >= 15 is 0 Å². The van der Waals surface area contributed by atoms with Crippen molar-refractivity contribution in [2.45, 2.75) is 32.0 Å². The SMILES string of the molecule is CC(C)(C)[C@@H](Br)C(=O)NCCC(=O)Nc1ccccc1. The molecule has 0 spiro atoms. The van der Waals surface area contributed by atoms with Crippen molar-refractivity contribution in [2.24, 2.45) is 5.41 Å². The number of halogens is 1. The topological polar surface area (TPSA) is 58.2 Å². The predicted molar refractivity (Wildman–Crippen MR) is 84.9 cm³/mol. The molecule has 1 aromatic carbocycles. The van der Waals surface area contributed by atoms with Gasteiger partial charge in [0.1, 0.15) is 0 Å². The largest absolute Gasteiger partial charge is 0.355 e. The maximum Gasteiger partial charge on any atom is 0.234 e. The standard InChI is InChI=1S/C15H21BrN2O2/c1-15(2,3)13(16)14(20)17-10-9-12(19)18-11-7-5-4-6-8-11/h4-8,13H,9-10H2,1-3H3,(H,17,20)(H,18,19)/t13-/m0/s1. The van der Waals surface area contributed by atoms with Crippen LogP contribution in [0.1, 0.15) is 27.2 Å². The van der Waals surface area contributed by atoms with Crippen LogP contribution in [0.15, 0.2) is 30.3 Å². The molecule has 2 amide bonds. The highest BCUT2D eigenvalue weighted by atomic mass is 79.9. The summed E-state index contributed by atoms with van der Waals surface area (Å²) in [5.74, 6) is -0.205. The molecule has 0 saturated heterocycles. The average Bonchev–Trinajstić information content (AvgIpc) is 2.37. The monoisotopic (exact) mass is 340 g/mol. The van der Waals surface area contributed by atoms with E-state index < -0.39 is 0 Å². The second-order valence-electron chi connectivity index (χ2n) is 5.68. The lowest BCUT2D eigenvalue weighted by molar-refractivity contribution is -0.122. The van der Waals surface area contributed by atoms with Crippen LogP contribution in [0.4, 0.5) is 5.69 Å². The lowest BCUT2D eigenvalue weighted by Gasteiger charge is -2.24. The quantitative estimate of drug-likeness (QED) is 0.809. The van der Waals surface area contributed by atoms with Crippen LogP contribution in [0.2, 0.25) is 0 Å². The third kappa shape index (κ3) is 5.74. The number of benzene rings is 1. The van der Waals surface area contributed by atoms with Crippen molar-refractivity contribution >= 4 is 33.4 Å². The third-order valence-electron chi connectivity index (χ3n) is 2.70. The fraction of sp³-hybridized carbons (Fsp3) is 0.467. The van der Waals surface area contributed by atoms with Gasteiger partial charge in [-0.15, -0.1) is 0 Å². The first-order chi connectivity index (χ1) is 9.30. The van der Waals surface area contributed by atoms with Gasteiger partial charge in [-0.3, -0.25) is 9.59 Å². The maximum absolute atomic E-state index is 11.8. The van der Waals surface area contributed by atoms with E-state index in [0.717, 1.165) is 5.69 Å². The Hall–Kier alpha value is -1.36. The van der Waals surface area contributed by atoms with Gasteiger partial charge in [0.2, 0.25) is 11.8 Å². The Morgan fingerprint density at radius 2 is 1.80 bits per heavy atom. The Morgan fingerprint density at radius 3 is 2.35 bits per heavy atom. The molecule has 4 nitrogen and oxygen atoms in total. The van der Waals surface area contributed by atoms with E-state index in [0.29, 0.717) is 6.54 Å². The molecule has 2 N–H and O–H groups in total. The molecule has 0 unspecified atom stereocenters. The molecule has 0 heterocycles. The number of rotatable bonds is 5. The predicted octanol–water partition coefficient (Wildman–Crippen LogP) is 2.94. The van der Waals surface area contributed by atoms with Crippen molar-refractivity contribution < 1.29 is 9.59 Å². The van der Waals surface area contributed by atoms with Gasteiger partial charge in [-0.1, -0.05) is 54.9 Å². The molecule has 0 aliphatic carbocycles. The zero-order valence-corrected chi connectivity index (χ0v) is 13.7. The number of carbonyl (C=O) groups excluding carboxylic acids is 2. The number of anilines is 1. The Kier molecular flexibility index (Phi) is 6.20. The first kappa shape index (κ1) is 16.7. The van der Waals surface area contributed by atoms with Crippen molar-refractivity contribution in [3.05, 3.63) is 30.3 Å². The second kappa shape index (κ2) is 7.43. The van der Waals surface area contributed by atoms with Gasteiger partial charge in [-0.2, -0.15) is 0 Å². The van der Waals surface area contributed by atoms with Crippen LogP contribution < -0.4 is 10.6 Å². The molecule has 0 aromatic heterocycles. The summed E-state index contributed by atoms with van der Waals surface area (Å²) < 4.78 is 0. The molecule has 0 aliphatic heterocycles. The smallest absolute Gasteiger partial charge is 0.234 e. The van der Waals surface area contributed by atoms with Gasteiger partial charge < -0.3 is 10.6 Å². The average molecular weight is 341 g/mol. The molecule has 5 heteroatoms. The molecule has 1 rings (SSSR count). The van der Waals surface area contributed by atoms with Crippen LogP contribution in [0.3, 0.4) is 0 Å². The molecule has 110 valence electrons. The minimum atomic E-state index is -0.271. The summed E-state index contributed by atoms with van der Waals surface area (Å²) in [6.45, 7) is 6.27. The van der Waals surface area contributed by atoms with Crippen LogP contribution in [0.25, 0.3) is 0 Å². The first-order valence-corrected chi connectivity index (χ1v) is 7.49. The van der Waals surface area contributed by atoms with Crippen molar-refractivity contribution in [3.8, 4) is 0 Å². The lowest BCUT2D eigenvalue weighted by Crippen LogP contribution is -2.39. The number of nitrogens with one attached hydrogen (secondary N) is 2. The highest BCUT2D eigenvalue weighted by Gasteiger charge is 2.28. The molecule has 0 saturated carbocycles. The normalized spacial score (nSPS) is 12.6. The lowest BCUT2D eigenvalue weighted by atomic mass is 9.92. The van der Waals surface area contributed by atoms with Crippen molar-refractivity contribution in [2.75, 3.05) is 11.9 Å². The zero-order chi connectivity index (χ0) is 15.2. The molecule has 0 radical (unpaired) electrons. The van der Waals surface area contributed by atoms with Crippen LogP contribution >= 0.6 is 15.9 Å². The molecule has 0 fully saturated rings. The summed E-state index contributed by atoms with van der Waals surface area (Å²) in [5.41, 5.74) is 0.605. The van der Waals surface area contributed by atoms with Crippen LogP contribution in [0.5, 0.6) is 0 Å². The van der Waals surface area contributed by atoms with Gasteiger partial charge in [-0.25, -0.2) is 0 Å². The summed E-state index contributed by atoms with van der Waals surface area (Å²) >= 11 is 3.37. The third-order valence-corrected chi connectivity index (χ3v) is 4.49. The summed E-state index contributed by atoms with van der Waals surface area (Å²) in [6.07, 6.45) is 0.254.